The zero-order chi connectivity index (χ0) is 21.0. The summed E-state index contributed by atoms with van der Waals surface area (Å²) in [5, 5.41) is 3.29. The molecule has 0 atom stereocenters. The average Bonchev–Trinajstić information content (AvgIpc) is 3.47. The lowest BCUT2D eigenvalue weighted by Crippen LogP contribution is -2.50. The Hall–Kier alpha value is -2.10. The number of thiazole rings is 1. The van der Waals surface area contributed by atoms with Crippen molar-refractivity contribution in [2.75, 3.05) is 31.9 Å². The first kappa shape index (κ1) is 20.8. The Balaban J connectivity index is 1.04. The highest BCUT2D eigenvalue weighted by molar-refractivity contribution is 7.99. The second-order valence-electron chi connectivity index (χ2n) is 8.00. The van der Waals surface area contributed by atoms with Crippen LogP contribution in [0.3, 0.4) is 0 Å². The Bertz CT molecular complexity index is 960. The van der Waals surface area contributed by atoms with E-state index in [1.54, 1.807) is 17.5 Å². The molecule has 7 nitrogen and oxygen atoms in total. The number of rotatable bonds is 6. The Labute approximate surface area is 189 Å². The number of para-hydroxylation sites is 2. The minimum Gasteiger partial charge on any atom is -0.467 e. The molecular formula is C22H26N4O3S2. The number of oxazole rings is 1. The minimum atomic E-state index is 0.168. The number of carbonyl (C=O) groups is 1. The molecule has 0 spiro atoms. The summed E-state index contributed by atoms with van der Waals surface area (Å²) in [4.78, 5) is 25.9. The highest BCUT2D eigenvalue weighted by Crippen LogP contribution is 2.26. The normalized spacial score (nSPS) is 19.2. The minimum absolute atomic E-state index is 0.168. The highest BCUT2D eigenvalue weighted by atomic mass is 32.2. The second-order valence-corrected chi connectivity index (χ2v) is 9.78. The third-order valence-corrected chi connectivity index (χ3v) is 7.55. The number of hydrogen-bond donors (Lipinski definition) is 0. The molecule has 1 aromatic carbocycles. The van der Waals surface area contributed by atoms with Crippen molar-refractivity contribution in [1.29, 1.82) is 0 Å². The van der Waals surface area contributed by atoms with Crippen LogP contribution in [0.1, 0.15) is 25.7 Å². The number of nitrogens with zero attached hydrogens (tertiary/aromatic N) is 4. The summed E-state index contributed by atoms with van der Waals surface area (Å²) in [7, 11) is 0. The molecular weight excluding hydrogens is 432 g/mol. The van der Waals surface area contributed by atoms with Crippen LogP contribution in [0.5, 0.6) is 5.19 Å². The van der Waals surface area contributed by atoms with Gasteiger partial charge in [-0.15, -0.1) is 0 Å². The summed E-state index contributed by atoms with van der Waals surface area (Å²) in [5.74, 6) is 0.540. The van der Waals surface area contributed by atoms with Crippen LogP contribution in [0.15, 0.2) is 45.5 Å². The van der Waals surface area contributed by atoms with E-state index < -0.39 is 0 Å². The molecule has 0 saturated carbocycles. The molecule has 0 N–H and O–H groups in total. The van der Waals surface area contributed by atoms with Crippen molar-refractivity contribution in [1.82, 2.24) is 19.8 Å². The van der Waals surface area contributed by atoms with Gasteiger partial charge in [-0.2, -0.15) is 0 Å². The van der Waals surface area contributed by atoms with Gasteiger partial charge in [-0.25, -0.2) is 9.97 Å². The SMILES string of the molecule is O=C(CSc1nc2ccccc2o1)N1CCC(N2CCC(Oc3nccs3)CC2)CC1. The number of benzene rings is 1. The number of ether oxygens (including phenoxy) is 1. The maximum Gasteiger partial charge on any atom is 0.273 e. The van der Waals surface area contributed by atoms with Crippen LogP contribution in [-0.4, -0.2) is 69.8 Å². The predicted octanol–water partition coefficient (Wildman–Crippen LogP) is 3.91. The number of amides is 1. The number of aromatic nitrogens is 2. The van der Waals surface area contributed by atoms with Crippen molar-refractivity contribution in [3.8, 4) is 5.19 Å². The van der Waals surface area contributed by atoms with Gasteiger partial charge in [-0.1, -0.05) is 35.2 Å². The van der Waals surface area contributed by atoms with E-state index in [2.05, 4.69) is 14.9 Å². The number of thioether (sulfide) groups is 1. The van der Waals surface area contributed by atoms with Gasteiger partial charge >= 0.3 is 0 Å². The predicted molar refractivity (Wildman–Crippen MR) is 122 cm³/mol. The van der Waals surface area contributed by atoms with E-state index in [9.17, 15) is 4.79 Å². The van der Waals surface area contributed by atoms with Gasteiger partial charge in [-0.05, 0) is 37.8 Å². The molecule has 2 fully saturated rings. The van der Waals surface area contributed by atoms with Gasteiger partial charge in [0.05, 0.1) is 5.75 Å². The molecule has 1 amide bonds. The molecule has 0 radical (unpaired) electrons. The highest BCUT2D eigenvalue weighted by Gasteiger charge is 2.30. The topological polar surface area (TPSA) is 71.7 Å². The van der Waals surface area contributed by atoms with E-state index in [4.69, 9.17) is 9.15 Å². The lowest BCUT2D eigenvalue weighted by molar-refractivity contribution is -0.130. The fraction of sp³-hybridized carbons (Fsp3) is 0.500. The maximum absolute atomic E-state index is 12.7. The lowest BCUT2D eigenvalue weighted by Gasteiger charge is -2.41. The molecule has 0 bridgehead atoms. The molecule has 2 saturated heterocycles. The summed E-state index contributed by atoms with van der Waals surface area (Å²) < 4.78 is 11.7. The quantitative estimate of drug-likeness (QED) is 0.519. The van der Waals surface area contributed by atoms with E-state index in [1.807, 2.05) is 34.5 Å². The molecule has 3 aromatic rings. The van der Waals surface area contributed by atoms with Crippen LogP contribution in [0.4, 0.5) is 0 Å². The fourth-order valence-corrected chi connectivity index (χ4v) is 5.67. The molecule has 2 aliphatic heterocycles. The summed E-state index contributed by atoms with van der Waals surface area (Å²) >= 11 is 2.94. The zero-order valence-corrected chi connectivity index (χ0v) is 18.9. The van der Waals surface area contributed by atoms with Crippen LogP contribution < -0.4 is 4.74 Å². The molecule has 0 aliphatic carbocycles. The van der Waals surface area contributed by atoms with Crippen molar-refractivity contribution in [2.45, 2.75) is 43.1 Å². The Morgan fingerprint density at radius 2 is 1.97 bits per heavy atom. The van der Waals surface area contributed by atoms with E-state index in [0.717, 1.165) is 68.2 Å². The first-order valence-corrected chi connectivity index (χ1v) is 12.7. The van der Waals surface area contributed by atoms with Gasteiger partial charge in [0.2, 0.25) is 5.91 Å². The first-order valence-electron chi connectivity index (χ1n) is 10.8. The van der Waals surface area contributed by atoms with E-state index >= 15 is 0 Å². The summed E-state index contributed by atoms with van der Waals surface area (Å²) in [5.41, 5.74) is 1.60. The molecule has 5 rings (SSSR count). The lowest BCUT2D eigenvalue weighted by atomic mass is 9.99. The molecule has 164 valence electrons. The second kappa shape index (κ2) is 9.58. The van der Waals surface area contributed by atoms with Crippen molar-refractivity contribution in [2.24, 2.45) is 0 Å². The van der Waals surface area contributed by atoms with Gasteiger partial charge < -0.3 is 14.1 Å². The fourth-order valence-electron chi connectivity index (χ4n) is 4.38. The number of fused-ring (bicyclic) bond motifs is 1. The standard InChI is InChI=1S/C22H26N4O3S2/c27-20(15-31-22-24-18-3-1-2-4-19(18)29-22)26-10-5-16(6-11-26)25-12-7-17(8-13-25)28-21-23-9-14-30-21/h1-4,9,14,16-17H,5-8,10-13,15H2. The Morgan fingerprint density at radius 3 is 2.71 bits per heavy atom. The van der Waals surface area contributed by atoms with Crippen LogP contribution >= 0.6 is 23.1 Å². The number of likely N-dealkylation sites (tertiary alicyclic amines) is 2. The number of hydrogen-bond acceptors (Lipinski definition) is 8. The molecule has 4 heterocycles. The van der Waals surface area contributed by atoms with Crippen LogP contribution in [0.2, 0.25) is 0 Å². The summed E-state index contributed by atoms with van der Waals surface area (Å²) in [6.45, 7) is 3.77. The van der Waals surface area contributed by atoms with E-state index in [0.29, 0.717) is 17.0 Å². The van der Waals surface area contributed by atoms with Gasteiger partial charge in [0.25, 0.3) is 10.4 Å². The summed E-state index contributed by atoms with van der Waals surface area (Å²) in [6, 6.07) is 8.24. The molecule has 2 aliphatic rings. The Kier molecular flexibility index (Phi) is 6.42. The molecule has 9 heteroatoms. The van der Waals surface area contributed by atoms with Crippen molar-refractivity contribution in [3.63, 3.8) is 0 Å². The zero-order valence-electron chi connectivity index (χ0n) is 17.3. The Morgan fingerprint density at radius 1 is 1.16 bits per heavy atom. The van der Waals surface area contributed by atoms with Crippen LogP contribution in [0, 0.1) is 0 Å². The summed E-state index contributed by atoms with van der Waals surface area (Å²) in [6.07, 6.45) is 6.22. The molecule has 2 aromatic heterocycles. The number of carbonyl (C=O) groups excluding carboxylic acids is 1. The average molecular weight is 459 g/mol. The molecule has 0 unspecified atom stereocenters. The van der Waals surface area contributed by atoms with Crippen molar-refractivity contribution in [3.05, 3.63) is 35.8 Å². The van der Waals surface area contributed by atoms with E-state index in [-0.39, 0.29) is 12.0 Å². The van der Waals surface area contributed by atoms with Crippen LogP contribution in [-0.2, 0) is 4.79 Å². The maximum atomic E-state index is 12.7. The third-order valence-electron chi connectivity index (χ3n) is 6.08. The third kappa shape index (κ3) is 5.05. The monoisotopic (exact) mass is 458 g/mol. The van der Waals surface area contributed by atoms with Gasteiger partial charge in [0, 0.05) is 43.8 Å². The van der Waals surface area contributed by atoms with Gasteiger partial charge in [0.1, 0.15) is 11.6 Å². The van der Waals surface area contributed by atoms with E-state index in [1.165, 1.54) is 11.8 Å². The van der Waals surface area contributed by atoms with Crippen molar-refractivity contribution < 1.29 is 13.9 Å². The first-order chi connectivity index (χ1) is 15.2. The van der Waals surface area contributed by atoms with Crippen molar-refractivity contribution >= 4 is 40.1 Å². The van der Waals surface area contributed by atoms with Gasteiger partial charge in [-0.3, -0.25) is 9.69 Å². The smallest absolute Gasteiger partial charge is 0.273 e. The number of piperidine rings is 2. The van der Waals surface area contributed by atoms with Crippen LogP contribution in [0.25, 0.3) is 11.1 Å². The van der Waals surface area contributed by atoms with Gasteiger partial charge in [0.15, 0.2) is 5.58 Å². The largest absolute Gasteiger partial charge is 0.467 e. The molecule has 31 heavy (non-hydrogen) atoms.